The number of benzene rings is 1. The molecule has 4 rings (SSSR count). The summed E-state index contributed by atoms with van der Waals surface area (Å²) in [6.07, 6.45) is 4.77. The number of ether oxygens (including phenoxy) is 1. The van der Waals surface area contributed by atoms with Crippen LogP contribution in [-0.2, 0) is 33.1 Å². The summed E-state index contributed by atoms with van der Waals surface area (Å²) >= 11 is 0. The topological polar surface area (TPSA) is 93.5 Å². The minimum Gasteiger partial charge on any atom is -0.375 e. The Morgan fingerprint density at radius 2 is 2.03 bits per heavy atom. The second kappa shape index (κ2) is 8.28. The standard InChI is InChI=1S/C21H30N4O4S/c1-24-18-6-4-3-5-17(18)23-19(24)15-22-20(26)13-16-7-12-29-21(14-16)8-10-25(11-9-21)30(2,27)28/h3-6,16H,7-15H2,1-2H3,(H,22,26). The van der Waals surface area contributed by atoms with Crippen LogP contribution in [0.4, 0.5) is 0 Å². The molecule has 3 heterocycles. The highest BCUT2D eigenvalue weighted by Crippen LogP contribution is 2.39. The van der Waals surface area contributed by atoms with Crippen molar-refractivity contribution in [1.29, 1.82) is 0 Å². The molecule has 1 amide bonds. The maximum atomic E-state index is 12.6. The molecule has 0 bridgehead atoms. The van der Waals surface area contributed by atoms with Crippen LogP contribution in [0.5, 0.6) is 0 Å². The average Bonchev–Trinajstić information content (AvgIpc) is 3.02. The van der Waals surface area contributed by atoms with Gasteiger partial charge in [0.05, 0.1) is 29.4 Å². The van der Waals surface area contributed by atoms with Gasteiger partial charge in [-0.05, 0) is 43.7 Å². The molecule has 2 fully saturated rings. The van der Waals surface area contributed by atoms with Crippen molar-refractivity contribution < 1.29 is 17.9 Å². The summed E-state index contributed by atoms with van der Waals surface area (Å²) in [4.78, 5) is 17.2. The lowest BCUT2D eigenvalue weighted by molar-refractivity contribution is -0.133. The number of carbonyl (C=O) groups excluding carboxylic acids is 1. The number of para-hydroxylation sites is 2. The quantitative estimate of drug-likeness (QED) is 0.775. The van der Waals surface area contributed by atoms with Crippen LogP contribution < -0.4 is 5.32 Å². The molecule has 0 saturated carbocycles. The van der Waals surface area contributed by atoms with E-state index in [0.29, 0.717) is 45.5 Å². The zero-order chi connectivity index (χ0) is 21.4. The molecular weight excluding hydrogens is 404 g/mol. The number of sulfonamides is 1. The van der Waals surface area contributed by atoms with E-state index >= 15 is 0 Å². The van der Waals surface area contributed by atoms with E-state index in [1.165, 1.54) is 10.6 Å². The van der Waals surface area contributed by atoms with Crippen LogP contribution in [0.15, 0.2) is 24.3 Å². The predicted molar refractivity (Wildman–Crippen MR) is 114 cm³/mol. The number of aromatic nitrogens is 2. The van der Waals surface area contributed by atoms with Crippen LogP contribution in [-0.4, -0.2) is 59.7 Å². The normalized spacial score (nSPS) is 22.4. The Balaban J connectivity index is 1.31. The molecule has 164 valence electrons. The van der Waals surface area contributed by atoms with Crippen LogP contribution in [0, 0.1) is 5.92 Å². The first kappa shape index (κ1) is 21.3. The average molecular weight is 435 g/mol. The summed E-state index contributed by atoms with van der Waals surface area (Å²) in [5.41, 5.74) is 1.69. The molecule has 1 aromatic heterocycles. The predicted octanol–water partition coefficient (Wildman–Crippen LogP) is 1.80. The molecule has 9 heteroatoms. The van der Waals surface area contributed by atoms with Gasteiger partial charge in [-0.3, -0.25) is 4.79 Å². The second-order valence-corrected chi connectivity index (χ2v) is 10.6. The Bertz CT molecular complexity index is 1020. The van der Waals surface area contributed by atoms with Gasteiger partial charge in [0.1, 0.15) is 5.82 Å². The first-order chi connectivity index (χ1) is 14.3. The number of nitrogens with zero attached hydrogens (tertiary/aromatic N) is 3. The Morgan fingerprint density at radius 1 is 1.30 bits per heavy atom. The number of piperidine rings is 1. The maximum absolute atomic E-state index is 12.6. The fourth-order valence-corrected chi connectivity index (χ4v) is 5.59. The van der Waals surface area contributed by atoms with Crippen LogP contribution in [0.3, 0.4) is 0 Å². The Kier molecular flexibility index (Phi) is 5.87. The fraction of sp³-hybridized carbons (Fsp3) is 0.619. The summed E-state index contributed by atoms with van der Waals surface area (Å²) in [7, 11) is -1.19. The molecular formula is C21H30N4O4S. The van der Waals surface area contributed by atoms with E-state index in [2.05, 4.69) is 10.3 Å². The molecule has 1 N–H and O–H groups in total. The number of amides is 1. The molecule has 2 aliphatic heterocycles. The van der Waals surface area contributed by atoms with Gasteiger partial charge in [0.25, 0.3) is 0 Å². The molecule has 0 aliphatic carbocycles. The number of fused-ring (bicyclic) bond motifs is 1. The maximum Gasteiger partial charge on any atom is 0.220 e. The third-order valence-corrected chi connectivity index (χ3v) is 7.80. The van der Waals surface area contributed by atoms with Gasteiger partial charge in [-0.1, -0.05) is 12.1 Å². The van der Waals surface area contributed by atoms with Gasteiger partial charge in [-0.25, -0.2) is 17.7 Å². The third kappa shape index (κ3) is 4.53. The van der Waals surface area contributed by atoms with E-state index in [0.717, 1.165) is 29.7 Å². The van der Waals surface area contributed by atoms with Gasteiger partial charge in [-0.2, -0.15) is 0 Å². The highest BCUT2D eigenvalue weighted by molar-refractivity contribution is 7.88. The SMILES string of the molecule is Cn1c(CNC(=O)CC2CCOC3(CCN(S(C)(=O)=O)CC3)C2)nc2ccccc21. The van der Waals surface area contributed by atoms with Crippen molar-refractivity contribution in [2.75, 3.05) is 26.0 Å². The Morgan fingerprint density at radius 3 is 2.73 bits per heavy atom. The molecule has 1 spiro atoms. The molecule has 8 nitrogen and oxygen atoms in total. The van der Waals surface area contributed by atoms with Gasteiger partial charge in [0.2, 0.25) is 15.9 Å². The van der Waals surface area contributed by atoms with Crippen LogP contribution in [0.2, 0.25) is 0 Å². The third-order valence-electron chi connectivity index (χ3n) is 6.50. The van der Waals surface area contributed by atoms with Gasteiger partial charge >= 0.3 is 0 Å². The van der Waals surface area contributed by atoms with E-state index in [9.17, 15) is 13.2 Å². The zero-order valence-corrected chi connectivity index (χ0v) is 18.5. The number of rotatable bonds is 5. The van der Waals surface area contributed by atoms with Crippen LogP contribution in [0.25, 0.3) is 11.0 Å². The van der Waals surface area contributed by atoms with Crippen molar-refractivity contribution in [3.8, 4) is 0 Å². The Hall–Kier alpha value is -1.97. The molecule has 1 atom stereocenters. The van der Waals surface area contributed by atoms with E-state index in [1.807, 2.05) is 35.9 Å². The minimum absolute atomic E-state index is 0.0256. The Labute approximate surface area is 177 Å². The molecule has 2 aliphatic rings. The molecule has 1 aromatic carbocycles. The second-order valence-electron chi connectivity index (χ2n) is 8.61. The first-order valence-corrected chi connectivity index (χ1v) is 12.4. The summed E-state index contributed by atoms with van der Waals surface area (Å²) in [5, 5.41) is 3.02. The van der Waals surface area contributed by atoms with Gasteiger partial charge in [0.15, 0.2) is 0 Å². The van der Waals surface area contributed by atoms with E-state index < -0.39 is 10.0 Å². The lowest BCUT2D eigenvalue weighted by Crippen LogP contribution is -2.50. The summed E-state index contributed by atoms with van der Waals surface area (Å²) in [6, 6.07) is 7.92. The number of imidazole rings is 1. The smallest absolute Gasteiger partial charge is 0.220 e. The van der Waals surface area contributed by atoms with Crippen molar-refractivity contribution in [3.63, 3.8) is 0 Å². The van der Waals surface area contributed by atoms with Gasteiger partial charge in [0, 0.05) is 33.2 Å². The molecule has 2 saturated heterocycles. The van der Waals surface area contributed by atoms with E-state index in [1.54, 1.807) is 0 Å². The monoisotopic (exact) mass is 434 g/mol. The largest absolute Gasteiger partial charge is 0.375 e. The number of hydrogen-bond donors (Lipinski definition) is 1. The number of hydrogen-bond acceptors (Lipinski definition) is 5. The van der Waals surface area contributed by atoms with Crippen LogP contribution >= 0.6 is 0 Å². The number of nitrogens with one attached hydrogen (secondary N) is 1. The van der Waals surface area contributed by atoms with Crippen molar-refractivity contribution in [3.05, 3.63) is 30.1 Å². The van der Waals surface area contributed by atoms with Gasteiger partial charge < -0.3 is 14.6 Å². The molecule has 30 heavy (non-hydrogen) atoms. The first-order valence-electron chi connectivity index (χ1n) is 10.5. The van der Waals surface area contributed by atoms with Gasteiger partial charge in [-0.15, -0.1) is 0 Å². The molecule has 1 unspecified atom stereocenters. The lowest BCUT2D eigenvalue weighted by atomic mass is 9.78. The molecule has 2 aromatic rings. The van der Waals surface area contributed by atoms with E-state index in [-0.39, 0.29) is 17.4 Å². The summed E-state index contributed by atoms with van der Waals surface area (Å²) in [6.45, 7) is 2.01. The summed E-state index contributed by atoms with van der Waals surface area (Å²) < 4.78 is 33.1. The molecule has 0 radical (unpaired) electrons. The lowest BCUT2D eigenvalue weighted by Gasteiger charge is -2.45. The van der Waals surface area contributed by atoms with Crippen molar-refractivity contribution in [1.82, 2.24) is 19.2 Å². The van der Waals surface area contributed by atoms with Crippen LogP contribution in [0.1, 0.15) is 37.9 Å². The van der Waals surface area contributed by atoms with Crippen molar-refractivity contribution >= 4 is 27.0 Å². The zero-order valence-electron chi connectivity index (χ0n) is 17.6. The summed E-state index contributed by atoms with van der Waals surface area (Å²) in [5.74, 6) is 1.11. The fourth-order valence-electron chi connectivity index (χ4n) is 4.74. The number of aryl methyl sites for hydroxylation is 1. The highest BCUT2D eigenvalue weighted by atomic mass is 32.2. The number of carbonyl (C=O) groups is 1. The van der Waals surface area contributed by atoms with Crippen molar-refractivity contribution in [2.45, 2.75) is 44.2 Å². The minimum atomic E-state index is -3.16. The van der Waals surface area contributed by atoms with E-state index in [4.69, 9.17) is 4.74 Å². The highest BCUT2D eigenvalue weighted by Gasteiger charge is 2.42. The van der Waals surface area contributed by atoms with Crippen molar-refractivity contribution in [2.24, 2.45) is 13.0 Å².